The van der Waals surface area contributed by atoms with Gasteiger partial charge in [-0.1, -0.05) is 81.3 Å². The van der Waals surface area contributed by atoms with Crippen LogP contribution < -0.4 is 0 Å². The maximum absolute atomic E-state index is 2.46. The highest BCUT2D eigenvalue weighted by atomic mass is 14.2. The molecule has 0 amide bonds. The van der Waals surface area contributed by atoms with Crippen molar-refractivity contribution < 1.29 is 0 Å². The Morgan fingerprint density at radius 3 is 2.45 bits per heavy atom. The lowest BCUT2D eigenvalue weighted by molar-refractivity contribution is 0.754. The van der Waals surface area contributed by atoms with Crippen molar-refractivity contribution in [1.82, 2.24) is 0 Å². The summed E-state index contributed by atoms with van der Waals surface area (Å²) in [6.07, 6.45) is 7.27. The predicted molar refractivity (Wildman–Crippen MR) is 97.0 cm³/mol. The van der Waals surface area contributed by atoms with Gasteiger partial charge in [0.2, 0.25) is 0 Å². The Balaban J connectivity index is 2.13. The molecule has 0 atom stereocenters. The van der Waals surface area contributed by atoms with E-state index in [2.05, 4.69) is 69.3 Å². The Bertz CT molecular complexity index is 675. The maximum Gasteiger partial charge on any atom is -0.00550 e. The number of allylic oxidation sites excluding steroid dienone is 1. The zero-order valence-corrected chi connectivity index (χ0v) is 14.0. The first-order valence-electron chi connectivity index (χ1n) is 8.61. The van der Waals surface area contributed by atoms with Gasteiger partial charge in [-0.2, -0.15) is 0 Å². The van der Waals surface area contributed by atoms with Gasteiger partial charge in [0.25, 0.3) is 0 Å². The lowest BCUT2D eigenvalue weighted by Gasteiger charge is -2.14. The molecule has 0 nitrogen and oxygen atoms in total. The third-order valence-corrected chi connectivity index (χ3v) is 4.75. The molecule has 1 aliphatic carbocycles. The first kappa shape index (κ1) is 15.1. The molecule has 1 aliphatic rings. The molecule has 0 fully saturated rings. The number of aryl methyl sites for hydroxylation is 1. The number of benzene rings is 2. The van der Waals surface area contributed by atoms with Crippen molar-refractivity contribution >= 4 is 6.08 Å². The molecule has 0 heterocycles. The minimum absolute atomic E-state index is 0.634. The second-order valence-corrected chi connectivity index (χ2v) is 6.69. The van der Waals surface area contributed by atoms with Gasteiger partial charge in [-0.3, -0.25) is 0 Å². The van der Waals surface area contributed by atoms with Gasteiger partial charge in [-0.15, -0.1) is 0 Å². The number of rotatable bonds is 5. The van der Waals surface area contributed by atoms with Crippen LogP contribution in [0, 0.1) is 5.92 Å². The monoisotopic (exact) mass is 290 g/mol. The van der Waals surface area contributed by atoms with Crippen LogP contribution >= 0.6 is 0 Å². The standard InChI is InChI=1S/C22H26/c1-4-5-9-18-12-13-19-14-20(16(2)3)15-21(19)22(18)17-10-7-6-8-11-17/h6-8,10-13,15-16H,4-5,9,14H2,1-3H3. The molecule has 0 spiro atoms. The van der Waals surface area contributed by atoms with Gasteiger partial charge < -0.3 is 0 Å². The Morgan fingerprint density at radius 1 is 1.00 bits per heavy atom. The lowest BCUT2D eigenvalue weighted by atomic mass is 9.90. The third kappa shape index (κ3) is 2.88. The van der Waals surface area contributed by atoms with E-state index in [4.69, 9.17) is 0 Å². The Kier molecular flexibility index (Phi) is 4.47. The first-order chi connectivity index (χ1) is 10.7. The van der Waals surface area contributed by atoms with E-state index >= 15 is 0 Å². The molecular formula is C22H26. The van der Waals surface area contributed by atoms with Gasteiger partial charge in [-0.25, -0.2) is 0 Å². The van der Waals surface area contributed by atoms with Crippen molar-refractivity contribution in [3.05, 3.63) is 64.7 Å². The van der Waals surface area contributed by atoms with Crippen LogP contribution in [0.25, 0.3) is 17.2 Å². The zero-order chi connectivity index (χ0) is 15.5. The van der Waals surface area contributed by atoms with Crippen LogP contribution in [0.4, 0.5) is 0 Å². The van der Waals surface area contributed by atoms with Crippen LogP contribution in [0.3, 0.4) is 0 Å². The van der Waals surface area contributed by atoms with Crippen molar-refractivity contribution in [2.45, 2.75) is 46.5 Å². The summed E-state index contributed by atoms with van der Waals surface area (Å²) >= 11 is 0. The molecule has 0 heteroatoms. The summed E-state index contributed by atoms with van der Waals surface area (Å²) in [5, 5.41) is 0. The van der Waals surface area contributed by atoms with Gasteiger partial charge in [-0.05, 0) is 53.0 Å². The third-order valence-electron chi connectivity index (χ3n) is 4.75. The fourth-order valence-electron chi connectivity index (χ4n) is 3.38. The van der Waals surface area contributed by atoms with E-state index in [1.807, 2.05) is 0 Å². The molecule has 0 bridgehead atoms. The highest BCUT2D eigenvalue weighted by Crippen LogP contribution is 2.38. The highest BCUT2D eigenvalue weighted by Gasteiger charge is 2.20. The summed E-state index contributed by atoms with van der Waals surface area (Å²) in [5.41, 5.74) is 8.90. The van der Waals surface area contributed by atoms with Gasteiger partial charge in [0, 0.05) is 0 Å². The van der Waals surface area contributed by atoms with E-state index in [0.717, 1.165) is 6.42 Å². The number of hydrogen-bond donors (Lipinski definition) is 0. The Hall–Kier alpha value is -1.82. The van der Waals surface area contributed by atoms with Crippen molar-refractivity contribution in [3.8, 4) is 11.1 Å². The summed E-state index contributed by atoms with van der Waals surface area (Å²) in [6.45, 7) is 6.88. The molecule has 0 aromatic heterocycles. The molecule has 2 aromatic rings. The van der Waals surface area contributed by atoms with E-state index < -0.39 is 0 Å². The van der Waals surface area contributed by atoms with Crippen LogP contribution in [0.2, 0.25) is 0 Å². The quantitative estimate of drug-likeness (QED) is 0.607. The Labute approximate surface area is 134 Å². The smallest absolute Gasteiger partial charge is 0.00550 e. The van der Waals surface area contributed by atoms with Crippen LogP contribution in [0.5, 0.6) is 0 Å². The summed E-state index contributed by atoms with van der Waals surface area (Å²) in [5.74, 6) is 0.634. The average molecular weight is 290 g/mol. The van der Waals surface area contributed by atoms with E-state index in [0.29, 0.717) is 5.92 Å². The molecule has 22 heavy (non-hydrogen) atoms. The van der Waals surface area contributed by atoms with E-state index in [1.54, 1.807) is 5.57 Å². The molecule has 0 aliphatic heterocycles. The number of unbranched alkanes of at least 4 members (excludes halogenated alkanes) is 1. The highest BCUT2D eigenvalue weighted by molar-refractivity contribution is 5.83. The van der Waals surface area contributed by atoms with E-state index in [9.17, 15) is 0 Å². The average Bonchev–Trinajstić information content (AvgIpc) is 2.97. The van der Waals surface area contributed by atoms with Crippen LogP contribution in [0.1, 0.15) is 50.3 Å². The maximum atomic E-state index is 2.46. The summed E-state index contributed by atoms with van der Waals surface area (Å²) in [4.78, 5) is 0. The SMILES string of the molecule is CCCCc1ccc2c(c1-c1ccccc1)C=C(C(C)C)C2. The fraction of sp³-hybridized carbons (Fsp3) is 0.364. The second kappa shape index (κ2) is 6.52. The molecule has 2 aromatic carbocycles. The normalized spacial score (nSPS) is 13.4. The van der Waals surface area contributed by atoms with Crippen molar-refractivity contribution in [1.29, 1.82) is 0 Å². The lowest BCUT2D eigenvalue weighted by Crippen LogP contribution is -1.96. The van der Waals surface area contributed by atoms with Crippen LogP contribution in [0.15, 0.2) is 48.0 Å². The first-order valence-corrected chi connectivity index (χ1v) is 8.61. The topological polar surface area (TPSA) is 0 Å². The van der Waals surface area contributed by atoms with Crippen molar-refractivity contribution in [2.24, 2.45) is 5.92 Å². The largest absolute Gasteiger partial charge is 0.0654 e. The summed E-state index contributed by atoms with van der Waals surface area (Å²) < 4.78 is 0. The molecule has 0 radical (unpaired) electrons. The van der Waals surface area contributed by atoms with Crippen LogP contribution in [-0.2, 0) is 12.8 Å². The van der Waals surface area contributed by atoms with Crippen molar-refractivity contribution in [3.63, 3.8) is 0 Å². The molecule has 3 rings (SSSR count). The van der Waals surface area contributed by atoms with E-state index in [1.165, 1.54) is 47.1 Å². The minimum Gasteiger partial charge on any atom is -0.0654 e. The number of hydrogen-bond acceptors (Lipinski definition) is 0. The molecule has 0 saturated carbocycles. The van der Waals surface area contributed by atoms with Gasteiger partial charge >= 0.3 is 0 Å². The molecule has 114 valence electrons. The predicted octanol–water partition coefficient (Wildman–Crippen LogP) is 6.29. The van der Waals surface area contributed by atoms with Crippen LogP contribution in [-0.4, -0.2) is 0 Å². The fourth-order valence-corrected chi connectivity index (χ4v) is 3.38. The molecule has 0 unspecified atom stereocenters. The van der Waals surface area contributed by atoms with Crippen molar-refractivity contribution in [2.75, 3.05) is 0 Å². The molecule has 0 N–H and O–H groups in total. The number of fused-ring (bicyclic) bond motifs is 1. The van der Waals surface area contributed by atoms with Gasteiger partial charge in [0.15, 0.2) is 0 Å². The Morgan fingerprint density at radius 2 is 1.77 bits per heavy atom. The molecular weight excluding hydrogens is 264 g/mol. The summed E-state index contributed by atoms with van der Waals surface area (Å²) in [6, 6.07) is 15.7. The van der Waals surface area contributed by atoms with Gasteiger partial charge in [0.1, 0.15) is 0 Å². The summed E-state index contributed by atoms with van der Waals surface area (Å²) in [7, 11) is 0. The second-order valence-electron chi connectivity index (χ2n) is 6.69. The van der Waals surface area contributed by atoms with Gasteiger partial charge in [0.05, 0.1) is 0 Å². The molecule has 0 saturated heterocycles. The zero-order valence-electron chi connectivity index (χ0n) is 14.0. The minimum atomic E-state index is 0.634. The van der Waals surface area contributed by atoms with E-state index in [-0.39, 0.29) is 0 Å².